The van der Waals surface area contributed by atoms with Crippen molar-refractivity contribution >= 4 is 11.8 Å². The molecule has 0 saturated carbocycles. The average molecular weight is 337 g/mol. The van der Waals surface area contributed by atoms with Gasteiger partial charge in [-0.3, -0.25) is 14.5 Å². The lowest BCUT2D eigenvalue weighted by atomic mass is 9.97. The third-order valence-electron chi connectivity index (χ3n) is 4.49. The first-order valence-corrected chi connectivity index (χ1v) is 8.50. The van der Waals surface area contributed by atoms with Crippen molar-refractivity contribution in [2.75, 3.05) is 33.2 Å². The van der Waals surface area contributed by atoms with Crippen molar-refractivity contribution in [1.29, 1.82) is 0 Å². The van der Waals surface area contributed by atoms with Crippen LogP contribution < -0.4 is 5.32 Å². The molecule has 2 aromatic rings. The second kappa shape index (κ2) is 7.94. The van der Waals surface area contributed by atoms with Gasteiger partial charge in [-0.1, -0.05) is 60.7 Å². The first kappa shape index (κ1) is 17.2. The molecule has 5 nitrogen and oxygen atoms in total. The zero-order valence-electron chi connectivity index (χ0n) is 14.4. The quantitative estimate of drug-likeness (QED) is 0.903. The highest BCUT2D eigenvalue weighted by Gasteiger charge is 2.26. The molecule has 25 heavy (non-hydrogen) atoms. The van der Waals surface area contributed by atoms with E-state index >= 15 is 0 Å². The van der Waals surface area contributed by atoms with Gasteiger partial charge < -0.3 is 10.2 Å². The number of rotatable bonds is 5. The number of piperazine rings is 1. The number of carbonyl (C=O) groups is 2. The van der Waals surface area contributed by atoms with E-state index in [1.54, 1.807) is 4.90 Å². The number of benzene rings is 2. The van der Waals surface area contributed by atoms with Crippen molar-refractivity contribution in [2.24, 2.45) is 0 Å². The molecule has 1 N–H and O–H groups in total. The predicted octanol–water partition coefficient (Wildman–Crippen LogP) is 1.67. The number of nitrogens with one attached hydrogen (secondary N) is 1. The minimum absolute atomic E-state index is 0.00686. The van der Waals surface area contributed by atoms with Crippen molar-refractivity contribution in [3.05, 3.63) is 71.8 Å². The molecule has 0 aromatic heterocycles. The Hall–Kier alpha value is -2.66. The Morgan fingerprint density at radius 2 is 1.64 bits per heavy atom. The van der Waals surface area contributed by atoms with Gasteiger partial charge in [0.1, 0.15) is 0 Å². The summed E-state index contributed by atoms with van der Waals surface area (Å²) in [5, 5.41) is 2.78. The van der Waals surface area contributed by atoms with Crippen LogP contribution in [0.2, 0.25) is 0 Å². The highest BCUT2D eigenvalue weighted by atomic mass is 16.2. The van der Waals surface area contributed by atoms with E-state index in [4.69, 9.17) is 0 Å². The van der Waals surface area contributed by atoms with Gasteiger partial charge in [0.2, 0.25) is 11.8 Å². The maximum absolute atomic E-state index is 12.9. The lowest BCUT2D eigenvalue weighted by Gasteiger charge is -2.32. The number of likely N-dealkylation sites (N-methyl/N-ethyl adjacent to an activating group) is 1. The number of nitrogens with zero attached hydrogens (tertiary/aromatic N) is 2. The zero-order chi connectivity index (χ0) is 17.6. The summed E-state index contributed by atoms with van der Waals surface area (Å²) in [6, 6.07) is 19.9. The predicted molar refractivity (Wildman–Crippen MR) is 96.9 cm³/mol. The van der Waals surface area contributed by atoms with Crippen molar-refractivity contribution in [1.82, 2.24) is 15.1 Å². The molecular formula is C20H23N3O2. The molecule has 0 spiro atoms. The molecule has 1 heterocycles. The second-order valence-electron chi connectivity index (χ2n) is 6.29. The van der Waals surface area contributed by atoms with Crippen molar-refractivity contribution in [3.63, 3.8) is 0 Å². The summed E-state index contributed by atoms with van der Waals surface area (Å²) in [5.74, 6) is -0.0169. The van der Waals surface area contributed by atoms with Gasteiger partial charge in [0.05, 0.1) is 19.1 Å². The number of hydrogen-bond acceptors (Lipinski definition) is 3. The van der Waals surface area contributed by atoms with Crippen LogP contribution in [0, 0.1) is 0 Å². The van der Waals surface area contributed by atoms with Crippen LogP contribution in [0.4, 0.5) is 0 Å². The van der Waals surface area contributed by atoms with E-state index in [-0.39, 0.29) is 30.9 Å². The van der Waals surface area contributed by atoms with Gasteiger partial charge in [-0.05, 0) is 11.1 Å². The fraction of sp³-hybridized carbons (Fsp3) is 0.300. The lowest BCUT2D eigenvalue weighted by molar-refractivity contribution is -0.134. The molecule has 0 atom stereocenters. The summed E-state index contributed by atoms with van der Waals surface area (Å²) in [4.78, 5) is 28.1. The Kier molecular flexibility index (Phi) is 5.46. The Labute approximate surface area is 148 Å². The van der Waals surface area contributed by atoms with E-state index in [0.29, 0.717) is 13.1 Å². The van der Waals surface area contributed by atoms with Gasteiger partial charge >= 0.3 is 0 Å². The molecule has 0 aliphatic carbocycles. The molecule has 3 rings (SSSR count). The van der Waals surface area contributed by atoms with Crippen molar-refractivity contribution in [2.45, 2.75) is 6.04 Å². The Morgan fingerprint density at radius 3 is 2.16 bits per heavy atom. The third kappa shape index (κ3) is 4.25. The van der Waals surface area contributed by atoms with Crippen LogP contribution in [-0.2, 0) is 9.59 Å². The molecule has 0 bridgehead atoms. The minimum atomic E-state index is -0.145. The van der Waals surface area contributed by atoms with Crippen molar-refractivity contribution in [3.8, 4) is 0 Å². The monoisotopic (exact) mass is 337 g/mol. The van der Waals surface area contributed by atoms with Crippen LogP contribution in [-0.4, -0.2) is 54.8 Å². The van der Waals surface area contributed by atoms with Crippen LogP contribution in [0.25, 0.3) is 0 Å². The highest BCUT2D eigenvalue weighted by molar-refractivity contribution is 5.82. The van der Waals surface area contributed by atoms with Gasteiger partial charge in [0.25, 0.3) is 0 Å². The standard InChI is InChI=1S/C20H23N3O2/c1-22(19(25)15-23-13-12-21-18(24)14-23)20(16-8-4-2-5-9-16)17-10-6-3-7-11-17/h2-11,20H,12-15H2,1H3,(H,21,24). The van der Waals surface area contributed by atoms with E-state index in [1.807, 2.05) is 72.6 Å². The molecular weight excluding hydrogens is 314 g/mol. The fourth-order valence-electron chi connectivity index (χ4n) is 3.18. The summed E-state index contributed by atoms with van der Waals surface area (Å²) >= 11 is 0. The molecule has 5 heteroatoms. The van der Waals surface area contributed by atoms with Crippen LogP contribution in [0.1, 0.15) is 17.2 Å². The molecule has 2 amide bonds. The van der Waals surface area contributed by atoms with Gasteiger partial charge in [0, 0.05) is 20.1 Å². The van der Waals surface area contributed by atoms with Gasteiger partial charge in [-0.2, -0.15) is 0 Å². The largest absolute Gasteiger partial charge is 0.354 e. The maximum Gasteiger partial charge on any atom is 0.237 e. The maximum atomic E-state index is 12.9. The van der Waals surface area contributed by atoms with Gasteiger partial charge in [-0.15, -0.1) is 0 Å². The molecule has 0 radical (unpaired) electrons. The summed E-state index contributed by atoms with van der Waals surface area (Å²) in [6.07, 6.45) is 0. The Bertz CT molecular complexity index is 679. The summed E-state index contributed by atoms with van der Waals surface area (Å²) < 4.78 is 0. The molecule has 1 aliphatic heterocycles. The van der Waals surface area contributed by atoms with E-state index in [1.165, 1.54) is 0 Å². The smallest absolute Gasteiger partial charge is 0.237 e. The highest BCUT2D eigenvalue weighted by Crippen LogP contribution is 2.27. The van der Waals surface area contributed by atoms with Gasteiger partial charge in [0.15, 0.2) is 0 Å². The summed E-state index contributed by atoms with van der Waals surface area (Å²) in [5.41, 5.74) is 2.14. The number of carbonyl (C=O) groups excluding carboxylic acids is 2. The van der Waals surface area contributed by atoms with E-state index in [0.717, 1.165) is 11.1 Å². The lowest BCUT2D eigenvalue weighted by Crippen LogP contribution is -2.51. The molecule has 1 fully saturated rings. The van der Waals surface area contributed by atoms with Crippen LogP contribution in [0.5, 0.6) is 0 Å². The zero-order valence-corrected chi connectivity index (χ0v) is 14.4. The van der Waals surface area contributed by atoms with E-state index in [2.05, 4.69) is 5.32 Å². The molecule has 0 unspecified atom stereocenters. The molecule has 1 saturated heterocycles. The normalized spacial score (nSPS) is 15.0. The van der Waals surface area contributed by atoms with Crippen LogP contribution in [0.3, 0.4) is 0 Å². The second-order valence-corrected chi connectivity index (χ2v) is 6.29. The molecule has 1 aliphatic rings. The van der Waals surface area contributed by atoms with Crippen LogP contribution >= 0.6 is 0 Å². The number of hydrogen-bond donors (Lipinski definition) is 1. The topological polar surface area (TPSA) is 52.7 Å². The molecule has 2 aromatic carbocycles. The summed E-state index contributed by atoms with van der Waals surface area (Å²) in [6.45, 7) is 1.82. The van der Waals surface area contributed by atoms with E-state index < -0.39 is 0 Å². The van der Waals surface area contributed by atoms with Crippen LogP contribution in [0.15, 0.2) is 60.7 Å². The van der Waals surface area contributed by atoms with Crippen molar-refractivity contribution < 1.29 is 9.59 Å². The SMILES string of the molecule is CN(C(=O)CN1CCNC(=O)C1)C(c1ccccc1)c1ccccc1. The van der Waals surface area contributed by atoms with Gasteiger partial charge in [-0.25, -0.2) is 0 Å². The Morgan fingerprint density at radius 1 is 1.08 bits per heavy atom. The third-order valence-corrected chi connectivity index (χ3v) is 4.49. The Balaban J connectivity index is 1.80. The average Bonchev–Trinajstić information content (AvgIpc) is 2.63. The van der Waals surface area contributed by atoms with E-state index in [9.17, 15) is 9.59 Å². The minimum Gasteiger partial charge on any atom is -0.354 e. The first-order chi connectivity index (χ1) is 12.1. The first-order valence-electron chi connectivity index (χ1n) is 8.50. The molecule has 130 valence electrons. The number of amides is 2. The summed E-state index contributed by atoms with van der Waals surface area (Å²) in [7, 11) is 1.83. The fourth-order valence-corrected chi connectivity index (χ4v) is 3.18.